The monoisotopic (exact) mass is 570 g/mol. The van der Waals surface area contributed by atoms with E-state index in [-0.39, 0.29) is 24.2 Å². The molecule has 5 heterocycles. The number of rotatable bonds is 7. The number of fused-ring (bicyclic) bond motifs is 2. The van der Waals surface area contributed by atoms with E-state index in [0.717, 1.165) is 53.1 Å². The van der Waals surface area contributed by atoms with Crippen molar-refractivity contribution in [3.8, 4) is 12.1 Å². The Balaban J connectivity index is 1.33. The summed E-state index contributed by atoms with van der Waals surface area (Å²) in [4.78, 5) is 35.4. The zero-order valence-corrected chi connectivity index (χ0v) is 23.9. The number of carbonyl (C=O) groups is 1. The molecule has 3 aromatic rings. The van der Waals surface area contributed by atoms with E-state index in [0.29, 0.717) is 57.8 Å². The van der Waals surface area contributed by atoms with Crippen molar-refractivity contribution in [2.45, 2.75) is 44.3 Å². The highest BCUT2D eigenvalue weighted by Gasteiger charge is 2.34. The van der Waals surface area contributed by atoms with Gasteiger partial charge in [-0.05, 0) is 68.6 Å². The number of pyridine rings is 1. The van der Waals surface area contributed by atoms with Gasteiger partial charge < -0.3 is 24.3 Å². The van der Waals surface area contributed by atoms with Gasteiger partial charge in [-0.1, -0.05) is 6.58 Å². The third-order valence-corrected chi connectivity index (χ3v) is 8.67. The van der Waals surface area contributed by atoms with E-state index in [1.54, 1.807) is 17.2 Å². The summed E-state index contributed by atoms with van der Waals surface area (Å²) < 4.78 is 20.2. The van der Waals surface area contributed by atoms with Crippen LogP contribution in [-0.2, 0) is 17.8 Å². The fourth-order valence-electron chi connectivity index (χ4n) is 6.38. The molecule has 3 aliphatic rings. The lowest BCUT2D eigenvalue weighted by molar-refractivity contribution is -0.128. The maximum atomic E-state index is 13.9. The van der Waals surface area contributed by atoms with Crippen molar-refractivity contribution in [3.05, 3.63) is 60.2 Å². The van der Waals surface area contributed by atoms with Gasteiger partial charge in [0.2, 0.25) is 5.91 Å². The molecule has 2 aromatic heterocycles. The van der Waals surface area contributed by atoms with Crippen LogP contribution in [0.4, 0.5) is 16.0 Å². The smallest absolute Gasteiger partial charge is 0.318 e. The van der Waals surface area contributed by atoms with E-state index in [1.165, 1.54) is 18.2 Å². The van der Waals surface area contributed by atoms with Crippen molar-refractivity contribution >= 4 is 28.3 Å². The van der Waals surface area contributed by atoms with Crippen LogP contribution >= 0.6 is 0 Å². The molecule has 6 rings (SSSR count). The van der Waals surface area contributed by atoms with Crippen molar-refractivity contribution in [2.75, 3.05) is 56.2 Å². The third-order valence-electron chi connectivity index (χ3n) is 8.67. The molecule has 1 amide bonds. The molecule has 2 saturated heterocycles. The fraction of sp³-hybridized carbons (Fsp3) is 0.452. The van der Waals surface area contributed by atoms with Crippen LogP contribution < -0.4 is 14.5 Å². The summed E-state index contributed by atoms with van der Waals surface area (Å²) in [6, 6.07) is 9.21. The van der Waals surface area contributed by atoms with Crippen LogP contribution in [0.25, 0.3) is 10.8 Å². The van der Waals surface area contributed by atoms with Crippen molar-refractivity contribution in [1.82, 2.24) is 24.8 Å². The number of nitriles is 1. The molecule has 42 heavy (non-hydrogen) atoms. The number of carbonyl (C=O) groups excluding carboxylic acids is 1. The highest BCUT2D eigenvalue weighted by molar-refractivity contribution is 5.92. The molecule has 0 saturated carbocycles. The Kier molecular flexibility index (Phi) is 7.89. The number of aromatic nitrogens is 3. The zero-order valence-electron chi connectivity index (χ0n) is 23.9. The number of hydrogen-bond donors (Lipinski definition) is 0. The van der Waals surface area contributed by atoms with E-state index in [9.17, 15) is 14.4 Å². The van der Waals surface area contributed by atoms with Crippen molar-refractivity contribution < 1.29 is 13.9 Å². The number of anilines is 2. The second kappa shape index (κ2) is 11.9. The van der Waals surface area contributed by atoms with Gasteiger partial charge in [-0.25, -0.2) is 9.37 Å². The summed E-state index contributed by atoms with van der Waals surface area (Å²) in [6.45, 7) is 7.93. The lowest BCUT2D eigenvalue weighted by Crippen LogP contribution is -2.55. The molecule has 3 aliphatic heterocycles. The standard InChI is InChI=1S/C31H35FN8O2/c1-3-28(41)40-16-15-39(18-23(40)8-11-33)30-26-10-14-38(29-25-7-6-22(32)17-21(25)9-12-34-29)19-27(26)35-31(36-30)42-20-24-5-4-13-37(24)2/h3,6-7,9,12,17,23-24H,1,4-5,8,10,13-16,18-20H2,2H3/t23?,24-/m0/s1. The lowest BCUT2D eigenvalue weighted by atomic mass is 10.0. The number of nitrogens with zero attached hydrogens (tertiary/aromatic N) is 8. The van der Waals surface area contributed by atoms with Crippen LogP contribution in [0.3, 0.4) is 0 Å². The normalized spacial score (nSPS) is 20.8. The molecule has 0 bridgehead atoms. The van der Waals surface area contributed by atoms with E-state index in [4.69, 9.17) is 14.7 Å². The van der Waals surface area contributed by atoms with Crippen LogP contribution in [0.5, 0.6) is 6.01 Å². The van der Waals surface area contributed by atoms with Crippen molar-refractivity contribution in [3.63, 3.8) is 0 Å². The maximum Gasteiger partial charge on any atom is 0.318 e. The average molecular weight is 571 g/mol. The first-order valence-corrected chi connectivity index (χ1v) is 14.5. The molecule has 10 nitrogen and oxygen atoms in total. The summed E-state index contributed by atoms with van der Waals surface area (Å²) in [5, 5.41) is 11.2. The minimum atomic E-state index is -0.277. The van der Waals surface area contributed by atoms with Gasteiger partial charge in [-0.3, -0.25) is 4.79 Å². The SMILES string of the molecule is C=CC(=O)N1CCN(c2nc(OC[C@@H]3CCCN3C)nc3c2CCN(c2nccc4cc(F)ccc24)C3)CC1CC#N. The van der Waals surface area contributed by atoms with E-state index in [1.807, 2.05) is 6.07 Å². The van der Waals surface area contributed by atoms with Gasteiger partial charge in [0, 0.05) is 49.4 Å². The predicted molar refractivity (Wildman–Crippen MR) is 158 cm³/mol. The minimum absolute atomic E-state index is 0.164. The summed E-state index contributed by atoms with van der Waals surface area (Å²) in [5.41, 5.74) is 1.91. The molecule has 218 valence electrons. The molecular formula is C31H35FN8O2. The van der Waals surface area contributed by atoms with E-state index < -0.39 is 0 Å². The quantitative estimate of drug-likeness (QED) is 0.396. The van der Waals surface area contributed by atoms with Crippen molar-refractivity contribution in [2.24, 2.45) is 0 Å². The van der Waals surface area contributed by atoms with Crippen LogP contribution in [0.1, 0.15) is 30.5 Å². The Hall–Kier alpha value is -4.30. The van der Waals surface area contributed by atoms with Gasteiger partial charge in [-0.15, -0.1) is 0 Å². The molecule has 2 fully saturated rings. The van der Waals surface area contributed by atoms with Gasteiger partial charge in [0.1, 0.15) is 24.1 Å². The predicted octanol–water partition coefficient (Wildman–Crippen LogP) is 3.32. The number of amides is 1. The third kappa shape index (κ3) is 5.46. The Morgan fingerprint density at radius 1 is 1.17 bits per heavy atom. The topological polar surface area (TPSA) is 102 Å². The molecule has 0 aliphatic carbocycles. The van der Waals surface area contributed by atoms with E-state index >= 15 is 0 Å². The fourth-order valence-corrected chi connectivity index (χ4v) is 6.38. The number of likely N-dealkylation sites (N-methyl/N-ethyl adjacent to an activating group) is 1. The minimum Gasteiger partial charge on any atom is -0.462 e. The molecular weight excluding hydrogens is 535 g/mol. The van der Waals surface area contributed by atoms with Gasteiger partial charge in [0.15, 0.2) is 0 Å². The second-order valence-electron chi connectivity index (χ2n) is 11.2. The van der Waals surface area contributed by atoms with Crippen LogP contribution in [0.15, 0.2) is 43.1 Å². The van der Waals surface area contributed by atoms with Crippen LogP contribution in [0, 0.1) is 17.1 Å². The maximum absolute atomic E-state index is 13.9. The van der Waals surface area contributed by atoms with Crippen LogP contribution in [-0.4, -0.2) is 89.1 Å². The first kappa shape index (κ1) is 27.8. The summed E-state index contributed by atoms with van der Waals surface area (Å²) in [6.07, 6.45) is 6.15. The first-order valence-electron chi connectivity index (χ1n) is 14.5. The second-order valence-corrected chi connectivity index (χ2v) is 11.2. The number of ether oxygens (including phenoxy) is 1. The zero-order chi connectivity index (χ0) is 29.2. The molecule has 0 N–H and O–H groups in total. The molecule has 0 radical (unpaired) electrons. The number of likely N-dealkylation sites (tertiary alicyclic amines) is 1. The Labute approximate surface area is 245 Å². The highest BCUT2D eigenvalue weighted by Crippen LogP contribution is 2.34. The highest BCUT2D eigenvalue weighted by atomic mass is 19.1. The molecule has 2 atom stereocenters. The van der Waals surface area contributed by atoms with Crippen molar-refractivity contribution in [1.29, 1.82) is 5.26 Å². The van der Waals surface area contributed by atoms with Gasteiger partial charge in [-0.2, -0.15) is 15.2 Å². The first-order chi connectivity index (χ1) is 20.4. The molecule has 1 aromatic carbocycles. The summed E-state index contributed by atoms with van der Waals surface area (Å²) >= 11 is 0. The Bertz CT molecular complexity index is 1540. The van der Waals surface area contributed by atoms with Gasteiger partial charge in [0.05, 0.1) is 30.8 Å². The van der Waals surface area contributed by atoms with Gasteiger partial charge in [0.25, 0.3) is 0 Å². The Morgan fingerprint density at radius 3 is 2.83 bits per heavy atom. The van der Waals surface area contributed by atoms with E-state index in [2.05, 4.69) is 39.4 Å². The lowest BCUT2D eigenvalue weighted by Gasteiger charge is -2.42. The number of halogens is 1. The largest absolute Gasteiger partial charge is 0.462 e. The number of benzene rings is 1. The number of piperazine rings is 1. The molecule has 1 unspecified atom stereocenters. The number of hydrogen-bond acceptors (Lipinski definition) is 9. The average Bonchev–Trinajstić information content (AvgIpc) is 3.42. The van der Waals surface area contributed by atoms with Gasteiger partial charge >= 0.3 is 6.01 Å². The Morgan fingerprint density at radius 2 is 2.05 bits per heavy atom. The summed E-state index contributed by atoms with van der Waals surface area (Å²) in [5.74, 6) is 1.15. The van der Waals surface area contributed by atoms with Crippen LogP contribution in [0.2, 0.25) is 0 Å². The summed E-state index contributed by atoms with van der Waals surface area (Å²) in [7, 11) is 2.11. The molecule has 11 heteroatoms. The molecule has 0 spiro atoms.